The van der Waals surface area contributed by atoms with E-state index in [1.807, 2.05) is 25.1 Å². The van der Waals surface area contributed by atoms with E-state index < -0.39 is 0 Å². The number of ether oxygens (including phenoxy) is 2. The summed E-state index contributed by atoms with van der Waals surface area (Å²) in [7, 11) is 1.66. The molecule has 0 aliphatic carbocycles. The van der Waals surface area contributed by atoms with Crippen molar-refractivity contribution in [3.63, 3.8) is 0 Å². The standard InChI is InChI=1S/C17H22N4O3/c1-3-24-15-8-5-4-7-13(15)21-17(22)14-11-16(20-12-19-14)18-9-6-10-23-2/h4-5,7-8,11-12H,3,6,9-10H2,1-2H3,(H,21,22)(H,18,19,20). The lowest BCUT2D eigenvalue weighted by Gasteiger charge is -2.11. The van der Waals surface area contributed by atoms with E-state index in [2.05, 4.69) is 20.6 Å². The summed E-state index contributed by atoms with van der Waals surface area (Å²) in [5.41, 5.74) is 0.892. The molecule has 128 valence electrons. The molecular weight excluding hydrogens is 308 g/mol. The average molecular weight is 330 g/mol. The number of anilines is 2. The molecule has 2 aromatic rings. The lowest BCUT2D eigenvalue weighted by Crippen LogP contribution is -2.15. The van der Waals surface area contributed by atoms with Gasteiger partial charge >= 0.3 is 0 Å². The third-order valence-corrected chi connectivity index (χ3v) is 3.17. The van der Waals surface area contributed by atoms with Gasteiger partial charge in [-0.2, -0.15) is 0 Å². The van der Waals surface area contributed by atoms with Crippen LogP contribution < -0.4 is 15.4 Å². The molecule has 2 N–H and O–H groups in total. The number of rotatable bonds is 9. The quantitative estimate of drug-likeness (QED) is 0.687. The summed E-state index contributed by atoms with van der Waals surface area (Å²) in [6.45, 7) is 3.79. The maximum Gasteiger partial charge on any atom is 0.274 e. The molecule has 7 heteroatoms. The minimum Gasteiger partial charge on any atom is -0.492 e. The molecular formula is C17H22N4O3. The van der Waals surface area contributed by atoms with E-state index >= 15 is 0 Å². The van der Waals surface area contributed by atoms with E-state index in [-0.39, 0.29) is 11.6 Å². The smallest absolute Gasteiger partial charge is 0.274 e. The number of carbonyl (C=O) groups excluding carboxylic acids is 1. The van der Waals surface area contributed by atoms with E-state index in [1.54, 1.807) is 19.2 Å². The lowest BCUT2D eigenvalue weighted by atomic mass is 10.2. The molecule has 1 amide bonds. The van der Waals surface area contributed by atoms with Gasteiger partial charge in [0.1, 0.15) is 23.6 Å². The van der Waals surface area contributed by atoms with E-state index in [0.29, 0.717) is 37.0 Å². The van der Waals surface area contributed by atoms with Crippen LogP contribution in [0.5, 0.6) is 5.75 Å². The van der Waals surface area contributed by atoms with Gasteiger partial charge in [-0.3, -0.25) is 4.79 Å². The third kappa shape index (κ3) is 5.20. The number of amides is 1. The average Bonchev–Trinajstić information content (AvgIpc) is 2.61. The van der Waals surface area contributed by atoms with Crippen molar-refractivity contribution in [3.05, 3.63) is 42.4 Å². The van der Waals surface area contributed by atoms with Crippen molar-refractivity contribution < 1.29 is 14.3 Å². The van der Waals surface area contributed by atoms with Gasteiger partial charge in [-0.05, 0) is 25.5 Å². The number of nitrogens with zero attached hydrogens (tertiary/aromatic N) is 2. The van der Waals surface area contributed by atoms with Crippen LogP contribution in [-0.2, 0) is 4.74 Å². The maximum atomic E-state index is 12.4. The second-order valence-corrected chi connectivity index (χ2v) is 4.94. The molecule has 24 heavy (non-hydrogen) atoms. The topological polar surface area (TPSA) is 85.4 Å². The van der Waals surface area contributed by atoms with Crippen LogP contribution in [0.25, 0.3) is 0 Å². The molecule has 0 radical (unpaired) electrons. The van der Waals surface area contributed by atoms with E-state index in [0.717, 1.165) is 6.42 Å². The molecule has 0 unspecified atom stereocenters. The van der Waals surface area contributed by atoms with Crippen molar-refractivity contribution in [1.29, 1.82) is 0 Å². The van der Waals surface area contributed by atoms with Gasteiger partial charge in [-0.15, -0.1) is 0 Å². The van der Waals surface area contributed by atoms with Crippen LogP contribution in [-0.4, -0.2) is 42.7 Å². The van der Waals surface area contributed by atoms with Crippen molar-refractivity contribution in [2.24, 2.45) is 0 Å². The van der Waals surface area contributed by atoms with Crippen LogP contribution in [0.4, 0.5) is 11.5 Å². The maximum absolute atomic E-state index is 12.4. The number of hydrogen-bond acceptors (Lipinski definition) is 6. The van der Waals surface area contributed by atoms with Crippen molar-refractivity contribution in [3.8, 4) is 5.75 Å². The van der Waals surface area contributed by atoms with Crippen molar-refractivity contribution in [2.75, 3.05) is 37.5 Å². The fourth-order valence-corrected chi connectivity index (χ4v) is 2.05. The molecule has 0 bridgehead atoms. The summed E-state index contributed by atoms with van der Waals surface area (Å²) in [5, 5.41) is 5.95. The van der Waals surface area contributed by atoms with Gasteiger partial charge in [-0.1, -0.05) is 12.1 Å². The van der Waals surface area contributed by atoms with Gasteiger partial charge in [0.15, 0.2) is 0 Å². The molecule has 0 atom stereocenters. The van der Waals surface area contributed by atoms with Crippen molar-refractivity contribution >= 4 is 17.4 Å². The number of benzene rings is 1. The molecule has 2 rings (SSSR count). The normalized spacial score (nSPS) is 10.2. The summed E-state index contributed by atoms with van der Waals surface area (Å²) in [6.07, 6.45) is 2.21. The summed E-state index contributed by atoms with van der Waals surface area (Å²) in [5.74, 6) is 0.911. The predicted molar refractivity (Wildman–Crippen MR) is 92.6 cm³/mol. The molecule has 7 nitrogen and oxygen atoms in total. The molecule has 1 heterocycles. The van der Waals surface area contributed by atoms with Gasteiger partial charge in [0, 0.05) is 26.3 Å². The van der Waals surface area contributed by atoms with Gasteiger partial charge in [0.2, 0.25) is 0 Å². The fraction of sp³-hybridized carbons (Fsp3) is 0.353. The SMILES string of the molecule is CCOc1ccccc1NC(=O)c1cc(NCCCOC)ncn1. The molecule has 0 fully saturated rings. The minimum absolute atomic E-state index is 0.283. The van der Waals surface area contributed by atoms with Gasteiger partial charge in [0.25, 0.3) is 5.91 Å². The Balaban J connectivity index is 2.02. The first-order valence-corrected chi connectivity index (χ1v) is 7.82. The van der Waals surface area contributed by atoms with Crippen LogP contribution in [0.1, 0.15) is 23.8 Å². The molecule has 0 saturated carbocycles. The minimum atomic E-state index is -0.315. The summed E-state index contributed by atoms with van der Waals surface area (Å²) < 4.78 is 10.5. The zero-order valence-corrected chi connectivity index (χ0v) is 13.9. The number of nitrogens with one attached hydrogen (secondary N) is 2. The summed E-state index contributed by atoms with van der Waals surface area (Å²) in [4.78, 5) is 20.5. The Labute approximate surface area is 141 Å². The number of hydrogen-bond donors (Lipinski definition) is 2. The summed E-state index contributed by atoms with van der Waals surface area (Å²) in [6, 6.07) is 8.90. The van der Waals surface area contributed by atoms with Crippen LogP contribution in [0.15, 0.2) is 36.7 Å². The van der Waals surface area contributed by atoms with E-state index in [1.165, 1.54) is 6.33 Å². The Morgan fingerprint density at radius 3 is 2.88 bits per heavy atom. The Hall–Kier alpha value is -2.67. The molecule has 0 saturated heterocycles. The third-order valence-electron chi connectivity index (χ3n) is 3.17. The van der Waals surface area contributed by atoms with Crippen LogP contribution >= 0.6 is 0 Å². The monoisotopic (exact) mass is 330 g/mol. The highest BCUT2D eigenvalue weighted by Crippen LogP contribution is 2.24. The Morgan fingerprint density at radius 1 is 1.25 bits per heavy atom. The van der Waals surface area contributed by atoms with E-state index in [9.17, 15) is 4.79 Å². The van der Waals surface area contributed by atoms with Crippen LogP contribution in [0, 0.1) is 0 Å². The highest BCUT2D eigenvalue weighted by Gasteiger charge is 2.11. The lowest BCUT2D eigenvalue weighted by molar-refractivity contribution is 0.102. The van der Waals surface area contributed by atoms with Crippen LogP contribution in [0.2, 0.25) is 0 Å². The van der Waals surface area contributed by atoms with Crippen molar-refractivity contribution in [2.45, 2.75) is 13.3 Å². The Morgan fingerprint density at radius 2 is 2.08 bits per heavy atom. The zero-order valence-electron chi connectivity index (χ0n) is 13.9. The van der Waals surface area contributed by atoms with Gasteiger partial charge in [-0.25, -0.2) is 9.97 Å². The van der Waals surface area contributed by atoms with Crippen LogP contribution in [0.3, 0.4) is 0 Å². The molecule has 0 aliphatic rings. The molecule has 0 spiro atoms. The molecule has 1 aromatic heterocycles. The fourth-order valence-electron chi connectivity index (χ4n) is 2.05. The molecule has 0 aliphatic heterocycles. The number of methoxy groups -OCH3 is 1. The van der Waals surface area contributed by atoms with E-state index in [4.69, 9.17) is 9.47 Å². The predicted octanol–water partition coefficient (Wildman–Crippen LogP) is 2.58. The Bertz CT molecular complexity index is 664. The van der Waals surface area contributed by atoms with Gasteiger partial charge < -0.3 is 20.1 Å². The molecule has 1 aromatic carbocycles. The second kappa shape index (κ2) is 9.46. The highest BCUT2D eigenvalue weighted by molar-refractivity contribution is 6.04. The largest absolute Gasteiger partial charge is 0.492 e. The highest BCUT2D eigenvalue weighted by atomic mass is 16.5. The first-order chi connectivity index (χ1) is 11.7. The number of carbonyl (C=O) groups is 1. The second-order valence-electron chi connectivity index (χ2n) is 4.94. The summed E-state index contributed by atoms with van der Waals surface area (Å²) >= 11 is 0. The first kappa shape index (κ1) is 17.7. The first-order valence-electron chi connectivity index (χ1n) is 7.82. The Kier molecular flexibility index (Phi) is 6.97. The number of aromatic nitrogens is 2. The van der Waals surface area contributed by atoms with Gasteiger partial charge in [0.05, 0.1) is 12.3 Å². The zero-order chi connectivity index (χ0) is 17.2. The van der Waals surface area contributed by atoms with Crippen molar-refractivity contribution in [1.82, 2.24) is 9.97 Å². The number of para-hydroxylation sites is 2.